The molecule has 10 heteroatoms. The van der Waals surface area contributed by atoms with Crippen LogP contribution in [-0.4, -0.2) is 74.9 Å². The summed E-state index contributed by atoms with van der Waals surface area (Å²) in [5.74, 6) is -0.820. The van der Waals surface area contributed by atoms with Crippen molar-refractivity contribution in [2.45, 2.75) is 238 Å². The third-order valence-corrected chi connectivity index (χ3v) is 12.4. The van der Waals surface area contributed by atoms with Crippen LogP contribution >= 0.6 is 7.82 Å². The first-order valence-corrected chi connectivity index (χ1v) is 27.9. The van der Waals surface area contributed by atoms with Crippen molar-refractivity contribution in [3.63, 3.8) is 0 Å². The van der Waals surface area contributed by atoms with Gasteiger partial charge in [-0.3, -0.25) is 18.6 Å². The van der Waals surface area contributed by atoms with Gasteiger partial charge in [0.15, 0.2) is 6.10 Å². The van der Waals surface area contributed by atoms with Crippen LogP contribution in [0.4, 0.5) is 0 Å². The summed E-state index contributed by atoms with van der Waals surface area (Å²) in [7, 11) is 1.46. The first kappa shape index (κ1) is 62.0. The number of phosphoric acid groups is 1. The summed E-state index contributed by atoms with van der Waals surface area (Å²) >= 11 is 0. The molecule has 2 atom stereocenters. The van der Waals surface area contributed by atoms with Gasteiger partial charge in [-0.1, -0.05) is 204 Å². The van der Waals surface area contributed by atoms with Gasteiger partial charge in [0.1, 0.15) is 19.8 Å². The van der Waals surface area contributed by atoms with Crippen molar-refractivity contribution < 1.29 is 42.1 Å². The summed E-state index contributed by atoms with van der Waals surface area (Å²) in [6, 6.07) is 0. The van der Waals surface area contributed by atoms with Gasteiger partial charge >= 0.3 is 19.8 Å². The number of hydrogen-bond donors (Lipinski definition) is 1. The maximum atomic E-state index is 12.8. The number of rotatable bonds is 48. The fourth-order valence-electron chi connectivity index (χ4n) is 7.23. The van der Waals surface area contributed by atoms with Crippen molar-refractivity contribution in [3.05, 3.63) is 48.6 Å². The van der Waals surface area contributed by atoms with E-state index in [1.165, 1.54) is 128 Å². The van der Waals surface area contributed by atoms with Crippen molar-refractivity contribution in [3.8, 4) is 0 Å². The van der Waals surface area contributed by atoms with E-state index >= 15 is 0 Å². The van der Waals surface area contributed by atoms with Crippen LogP contribution in [0.25, 0.3) is 0 Å². The zero-order chi connectivity index (χ0) is 47.1. The second-order valence-electron chi connectivity index (χ2n) is 19.0. The zero-order valence-electron chi connectivity index (χ0n) is 42.3. The smallest absolute Gasteiger partial charge is 0.462 e. The summed E-state index contributed by atoms with van der Waals surface area (Å²) in [5, 5.41) is 0. The number of carbonyl (C=O) groups excluding carboxylic acids is 2. The number of quaternary nitrogens is 1. The van der Waals surface area contributed by atoms with E-state index in [0.29, 0.717) is 17.4 Å². The van der Waals surface area contributed by atoms with E-state index in [4.69, 9.17) is 18.5 Å². The molecule has 374 valence electrons. The average Bonchev–Trinajstić information content (AvgIpc) is 3.25. The van der Waals surface area contributed by atoms with Gasteiger partial charge in [0.2, 0.25) is 0 Å². The highest BCUT2D eigenvalue weighted by atomic mass is 31.2. The van der Waals surface area contributed by atoms with Crippen molar-refractivity contribution in [1.82, 2.24) is 0 Å². The van der Waals surface area contributed by atoms with Gasteiger partial charge < -0.3 is 18.9 Å². The van der Waals surface area contributed by atoms with Gasteiger partial charge in [0.25, 0.3) is 0 Å². The van der Waals surface area contributed by atoms with Crippen LogP contribution in [0.1, 0.15) is 232 Å². The molecule has 1 unspecified atom stereocenters. The van der Waals surface area contributed by atoms with Crippen molar-refractivity contribution in [2.24, 2.45) is 0 Å². The Bertz CT molecular complexity index is 1230. The molecule has 0 aliphatic heterocycles. The number of allylic oxidation sites excluding steroid dienone is 8. The van der Waals surface area contributed by atoms with Crippen LogP contribution in [0, 0.1) is 0 Å². The van der Waals surface area contributed by atoms with Crippen molar-refractivity contribution in [1.29, 1.82) is 0 Å². The van der Waals surface area contributed by atoms with Gasteiger partial charge in [0, 0.05) is 12.8 Å². The van der Waals surface area contributed by atoms with Gasteiger partial charge in [0.05, 0.1) is 27.7 Å². The van der Waals surface area contributed by atoms with E-state index in [2.05, 4.69) is 62.5 Å². The lowest BCUT2D eigenvalue weighted by Gasteiger charge is -2.24. The highest BCUT2D eigenvalue weighted by Gasteiger charge is 2.27. The minimum Gasteiger partial charge on any atom is -0.462 e. The van der Waals surface area contributed by atoms with E-state index in [1.807, 2.05) is 21.1 Å². The lowest BCUT2D eigenvalue weighted by Crippen LogP contribution is -2.37. The maximum Gasteiger partial charge on any atom is 0.472 e. The number of likely N-dealkylation sites (N-methyl/N-ethyl adjacent to an activating group) is 1. The zero-order valence-corrected chi connectivity index (χ0v) is 43.2. The number of hydrogen-bond acceptors (Lipinski definition) is 7. The van der Waals surface area contributed by atoms with Crippen LogP contribution in [0.15, 0.2) is 48.6 Å². The summed E-state index contributed by atoms with van der Waals surface area (Å²) in [6.45, 7) is 4.41. The molecule has 0 rings (SSSR count). The Morgan fingerprint density at radius 3 is 1.20 bits per heavy atom. The number of carbonyl (C=O) groups is 2. The predicted octanol–water partition coefficient (Wildman–Crippen LogP) is 15.8. The average molecular weight is 923 g/mol. The van der Waals surface area contributed by atoms with E-state index in [0.717, 1.165) is 70.6 Å². The fraction of sp³-hybridized carbons (Fsp3) is 0.815. The Balaban J connectivity index is 4.30. The quantitative estimate of drug-likeness (QED) is 0.0211. The molecule has 0 saturated carbocycles. The third-order valence-electron chi connectivity index (χ3n) is 11.4. The van der Waals surface area contributed by atoms with Gasteiger partial charge in [-0.2, -0.15) is 0 Å². The number of phosphoric ester groups is 1. The molecule has 0 aromatic heterocycles. The second kappa shape index (κ2) is 46.1. The number of nitrogens with zero attached hydrogens (tertiary/aromatic N) is 1. The fourth-order valence-corrected chi connectivity index (χ4v) is 7.97. The molecular weight excluding hydrogens is 822 g/mol. The lowest BCUT2D eigenvalue weighted by atomic mass is 10.1. The molecule has 0 fully saturated rings. The molecule has 0 aliphatic carbocycles. The molecule has 9 nitrogen and oxygen atoms in total. The van der Waals surface area contributed by atoms with E-state index in [1.54, 1.807) is 0 Å². The minimum atomic E-state index is -4.39. The molecule has 64 heavy (non-hydrogen) atoms. The van der Waals surface area contributed by atoms with Crippen molar-refractivity contribution >= 4 is 19.8 Å². The number of ether oxygens (including phenoxy) is 2. The second-order valence-corrected chi connectivity index (χ2v) is 20.4. The molecule has 0 radical (unpaired) electrons. The summed E-state index contributed by atoms with van der Waals surface area (Å²) in [4.78, 5) is 35.6. The summed E-state index contributed by atoms with van der Waals surface area (Å²) < 4.78 is 34.5. The van der Waals surface area contributed by atoms with E-state index < -0.39 is 26.5 Å². The third kappa shape index (κ3) is 49.4. The molecule has 0 aromatic carbocycles. The Morgan fingerprint density at radius 2 is 0.828 bits per heavy atom. The van der Waals surface area contributed by atoms with Gasteiger partial charge in [-0.15, -0.1) is 0 Å². The molecule has 0 amide bonds. The first-order chi connectivity index (χ1) is 31.0. The first-order valence-electron chi connectivity index (χ1n) is 26.4. The van der Waals surface area contributed by atoms with Crippen LogP contribution in [0.5, 0.6) is 0 Å². The van der Waals surface area contributed by atoms with Gasteiger partial charge in [-0.05, 0) is 64.2 Å². The summed E-state index contributed by atoms with van der Waals surface area (Å²) in [6.07, 6.45) is 55.9. The highest BCUT2D eigenvalue weighted by Crippen LogP contribution is 2.43. The van der Waals surface area contributed by atoms with E-state index in [9.17, 15) is 19.0 Å². The number of esters is 2. The monoisotopic (exact) mass is 923 g/mol. The molecular formula is C54H101NO8P+. The SMILES string of the molecule is CCCCCCCCCCC=CC=CCCCCCCCCC(=O)OC[C@H](COP(=O)(O)OCC[N+](C)(C)C)OC(=O)CCCCCCCCC=CC=CCCCCCCCCCC. The predicted molar refractivity (Wildman–Crippen MR) is 270 cm³/mol. The van der Waals surface area contributed by atoms with Crippen LogP contribution in [-0.2, 0) is 32.7 Å². The minimum absolute atomic E-state index is 0.0261. The molecule has 0 spiro atoms. The van der Waals surface area contributed by atoms with Gasteiger partial charge in [-0.25, -0.2) is 4.57 Å². The van der Waals surface area contributed by atoms with Crippen LogP contribution < -0.4 is 0 Å². The van der Waals surface area contributed by atoms with E-state index in [-0.39, 0.29) is 32.0 Å². The standard InChI is InChI=1S/C54H100NO8P/c1-6-8-10-12-14-16-18-20-22-24-26-28-30-32-34-36-38-40-42-44-46-53(56)60-50-52(51-62-64(58,59)61-49-48-55(3,4)5)63-54(57)47-45-43-41-39-37-35-33-31-29-27-25-23-21-19-17-15-13-11-9-7-2/h24-31,52H,6-23,32-51H2,1-5H3/p+1/t52-/m1/s1. The lowest BCUT2D eigenvalue weighted by molar-refractivity contribution is -0.870. The number of unbranched alkanes of at least 4 members (excludes halogenated alkanes) is 28. The topological polar surface area (TPSA) is 108 Å². The van der Waals surface area contributed by atoms with Crippen LogP contribution in [0.2, 0.25) is 0 Å². The maximum absolute atomic E-state index is 12.8. The van der Waals surface area contributed by atoms with Crippen LogP contribution in [0.3, 0.4) is 0 Å². The molecule has 1 N–H and O–H groups in total. The highest BCUT2D eigenvalue weighted by molar-refractivity contribution is 7.47. The Labute approximate surface area is 394 Å². The molecule has 0 saturated heterocycles. The molecule has 0 bridgehead atoms. The Kier molecular flexibility index (Phi) is 44.6. The normalized spacial score (nSPS) is 13.8. The Morgan fingerprint density at radius 1 is 0.484 bits per heavy atom. The molecule has 0 aliphatic rings. The Hall–Kier alpha value is -2.03. The summed E-state index contributed by atoms with van der Waals surface area (Å²) in [5.41, 5.74) is 0. The largest absolute Gasteiger partial charge is 0.472 e. The van der Waals surface area contributed by atoms with Crippen molar-refractivity contribution in [2.75, 3.05) is 47.5 Å². The molecule has 0 aromatic rings. The molecule has 0 heterocycles.